The molecular weight excluding hydrogens is 380 g/mol. The number of halogens is 1. The molecule has 23 heavy (non-hydrogen) atoms. The highest BCUT2D eigenvalue weighted by atomic mass is 79.9. The molecule has 5 nitrogen and oxygen atoms in total. The molecule has 0 radical (unpaired) electrons. The Labute approximate surface area is 145 Å². The number of aromatic nitrogens is 2. The maximum atomic E-state index is 11.8. The number of carbonyl (C=O) groups is 1. The number of nitrogens with zero attached hydrogens (tertiary/aromatic N) is 2. The van der Waals surface area contributed by atoms with Gasteiger partial charge < -0.3 is 9.15 Å². The quantitative estimate of drug-likeness (QED) is 0.464. The smallest absolute Gasteiger partial charge is 0.377 e. The number of hydrogen-bond donors (Lipinski definition) is 0. The number of ether oxygens (including phenoxy) is 1. The summed E-state index contributed by atoms with van der Waals surface area (Å²) in [5.74, 6) is 0.357. The molecular formula is C16H11BrN2O3S. The van der Waals surface area contributed by atoms with Crippen molar-refractivity contribution in [2.75, 3.05) is 0 Å². The third-order valence-corrected chi connectivity index (χ3v) is 4.02. The van der Waals surface area contributed by atoms with Gasteiger partial charge in [-0.25, -0.2) is 4.79 Å². The molecule has 2 aromatic carbocycles. The van der Waals surface area contributed by atoms with Crippen LogP contribution in [0.3, 0.4) is 0 Å². The Balaban J connectivity index is 1.58. The first-order valence-electron chi connectivity index (χ1n) is 6.69. The molecule has 0 bridgehead atoms. The second-order valence-electron chi connectivity index (χ2n) is 4.51. The van der Waals surface area contributed by atoms with Crippen LogP contribution in [0.4, 0.5) is 4.79 Å². The van der Waals surface area contributed by atoms with Crippen molar-refractivity contribution in [2.45, 2.75) is 11.8 Å². The van der Waals surface area contributed by atoms with E-state index in [1.807, 2.05) is 54.6 Å². The Morgan fingerprint density at radius 2 is 1.83 bits per heavy atom. The first-order valence-corrected chi connectivity index (χ1v) is 8.29. The van der Waals surface area contributed by atoms with E-state index in [-0.39, 0.29) is 11.8 Å². The van der Waals surface area contributed by atoms with Crippen LogP contribution in [0.25, 0.3) is 11.5 Å². The lowest BCUT2D eigenvalue weighted by Gasteiger charge is -2.02. The molecule has 0 amide bonds. The summed E-state index contributed by atoms with van der Waals surface area (Å²) < 4.78 is 11.6. The molecule has 0 spiro atoms. The SMILES string of the molecule is O=C(OCc1ccccc1)Sc1nnc(-c2ccc(Br)cc2)o1. The summed E-state index contributed by atoms with van der Waals surface area (Å²) in [6, 6.07) is 16.9. The van der Waals surface area contributed by atoms with Crippen molar-refractivity contribution in [3.8, 4) is 11.5 Å². The van der Waals surface area contributed by atoms with Gasteiger partial charge in [-0.1, -0.05) is 46.3 Å². The van der Waals surface area contributed by atoms with Crippen LogP contribution in [0.5, 0.6) is 0 Å². The van der Waals surface area contributed by atoms with Gasteiger partial charge in [0.15, 0.2) is 0 Å². The minimum atomic E-state index is -0.486. The van der Waals surface area contributed by atoms with Crippen LogP contribution in [-0.4, -0.2) is 15.5 Å². The predicted octanol–water partition coefficient (Wildman–Crippen LogP) is 4.93. The molecule has 0 fully saturated rings. The molecule has 7 heteroatoms. The number of rotatable bonds is 4. The van der Waals surface area contributed by atoms with Gasteiger partial charge in [-0.05, 0) is 29.8 Å². The summed E-state index contributed by atoms with van der Waals surface area (Å²) in [4.78, 5) is 11.8. The van der Waals surface area contributed by atoms with Crippen molar-refractivity contribution in [3.05, 3.63) is 64.6 Å². The first kappa shape index (κ1) is 15.8. The van der Waals surface area contributed by atoms with Crippen molar-refractivity contribution in [1.82, 2.24) is 10.2 Å². The highest BCUT2D eigenvalue weighted by Gasteiger charge is 2.14. The molecule has 0 unspecified atom stereocenters. The average molecular weight is 391 g/mol. The maximum Gasteiger partial charge on any atom is 0.377 e. The van der Waals surface area contributed by atoms with Gasteiger partial charge >= 0.3 is 5.30 Å². The van der Waals surface area contributed by atoms with Crippen LogP contribution < -0.4 is 0 Å². The van der Waals surface area contributed by atoms with E-state index in [0.29, 0.717) is 5.89 Å². The minimum Gasteiger partial charge on any atom is -0.452 e. The van der Waals surface area contributed by atoms with Crippen molar-refractivity contribution < 1.29 is 13.9 Å². The van der Waals surface area contributed by atoms with E-state index in [0.717, 1.165) is 27.4 Å². The van der Waals surface area contributed by atoms with Crippen molar-refractivity contribution in [3.63, 3.8) is 0 Å². The zero-order valence-corrected chi connectivity index (χ0v) is 14.2. The van der Waals surface area contributed by atoms with Crippen LogP contribution in [-0.2, 0) is 11.3 Å². The van der Waals surface area contributed by atoms with E-state index in [2.05, 4.69) is 26.1 Å². The van der Waals surface area contributed by atoms with Crippen molar-refractivity contribution in [2.24, 2.45) is 0 Å². The Bertz CT molecular complexity index is 791. The molecule has 0 N–H and O–H groups in total. The summed E-state index contributed by atoms with van der Waals surface area (Å²) in [7, 11) is 0. The molecule has 116 valence electrons. The summed E-state index contributed by atoms with van der Waals surface area (Å²) in [6.07, 6.45) is 0. The molecule has 0 aliphatic carbocycles. The van der Waals surface area contributed by atoms with E-state index in [9.17, 15) is 4.79 Å². The van der Waals surface area contributed by atoms with Crippen LogP contribution in [0.1, 0.15) is 5.56 Å². The third-order valence-electron chi connectivity index (χ3n) is 2.87. The standard InChI is InChI=1S/C16H11BrN2O3S/c17-13-8-6-12(7-9-13)14-18-19-15(22-14)23-16(20)21-10-11-4-2-1-3-5-11/h1-9H,10H2. The van der Waals surface area contributed by atoms with Crippen LogP contribution in [0.2, 0.25) is 0 Å². The van der Waals surface area contributed by atoms with E-state index in [1.54, 1.807) is 0 Å². The molecule has 0 aliphatic rings. The van der Waals surface area contributed by atoms with Gasteiger partial charge in [0, 0.05) is 10.0 Å². The van der Waals surface area contributed by atoms with Crippen LogP contribution >= 0.6 is 27.7 Å². The summed E-state index contributed by atoms with van der Waals surface area (Å²) in [6.45, 7) is 0.209. The normalized spacial score (nSPS) is 10.5. The summed E-state index contributed by atoms with van der Waals surface area (Å²) in [5, 5.41) is 7.44. The zero-order chi connectivity index (χ0) is 16.1. The number of carbonyl (C=O) groups excluding carboxylic acids is 1. The van der Waals surface area contributed by atoms with Crippen LogP contribution in [0, 0.1) is 0 Å². The first-order chi connectivity index (χ1) is 11.2. The molecule has 3 aromatic rings. The van der Waals surface area contributed by atoms with Crippen molar-refractivity contribution >= 4 is 33.0 Å². The van der Waals surface area contributed by atoms with Gasteiger partial charge in [-0.2, -0.15) is 0 Å². The van der Waals surface area contributed by atoms with Gasteiger partial charge in [-0.15, -0.1) is 10.2 Å². The predicted molar refractivity (Wildman–Crippen MR) is 89.9 cm³/mol. The Morgan fingerprint density at radius 3 is 2.57 bits per heavy atom. The third kappa shape index (κ3) is 4.43. The summed E-state index contributed by atoms with van der Waals surface area (Å²) >= 11 is 4.13. The molecule has 0 saturated carbocycles. The summed E-state index contributed by atoms with van der Waals surface area (Å²) in [5.41, 5.74) is 1.70. The fourth-order valence-electron chi connectivity index (χ4n) is 1.78. The van der Waals surface area contributed by atoms with Crippen molar-refractivity contribution in [1.29, 1.82) is 0 Å². The number of thioether (sulfide) groups is 1. The van der Waals surface area contributed by atoms with E-state index in [1.165, 1.54) is 0 Å². The maximum absolute atomic E-state index is 11.8. The average Bonchev–Trinajstić information content (AvgIpc) is 3.03. The van der Waals surface area contributed by atoms with E-state index < -0.39 is 5.30 Å². The monoisotopic (exact) mass is 390 g/mol. The van der Waals surface area contributed by atoms with Gasteiger partial charge in [-0.3, -0.25) is 0 Å². The zero-order valence-electron chi connectivity index (χ0n) is 11.8. The molecule has 0 atom stereocenters. The van der Waals surface area contributed by atoms with Gasteiger partial charge in [0.05, 0.1) is 11.8 Å². The number of benzene rings is 2. The lowest BCUT2D eigenvalue weighted by molar-refractivity contribution is 0.168. The fourth-order valence-corrected chi connectivity index (χ4v) is 2.50. The second-order valence-corrected chi connectivity index (χ2v) is 6.31. The van der Waals surface area contributed by atoms with E-state index >= 15 is 0 Å². The van der Waals surface area contributed by atoms with Gasteiger partial charge in [0.25, 0.3) is 5.22 Å². The van der Waals surface area contributed by atoms with Gasteiger partial charge in [0.2, 0.25) is 5.89 Å². The molecule has 1 aromatic heterocycles. The Hall–Kier alpha value is -2.12. The van der Waals surface area contributed by atoms with E-state index in [4.69, 9.17) is 9.15 Å². The largest absolute Gasteiger partial charge is 0.452 e. The highest BCUT2D eigenvalue weighted by molar-refractivity contribution is 9.10. The Morgan fingerprint density at radius 1 is 1.09 bits per heavy atom. The Kier molecular flexibility index (Phi) is 5.09. The molecule has 0 aliphatic heterocycles. The van der Waals surface area contributed by atoms with Crippen LogP contribution in [0.15, 0.2) is 68.7 Å². The second kappa shape index (κ2) is 7.43. The van der Waals surface area contributed by atoms with Gasteiger partial charge in [0.1, 0.15) is 6.61 Å². The lowest BCUT2D eigenvalue weighted by Crippen LogP contribution is -1.97. The minimum absolute atomic E-state index is 0.154. The molecule has 3 rings (SSSR count). The molecule has 1 heterocycles. The molecule has 0 saturated heterocycles. The fraction of sp³-hybridized carbons (Fsp3) is 0.0625. The highest BCUT2D eigenvalue weighted by Crippen LogP contribution is 2.25. The number of hydrogen-bond acceptors (Lipinski definition) is 6. The topological polar surface area (TPSA) is 65.2 Å². The lowest BCUT2D eigenvalue weighted by atomic mass is 10.2.